The zero-order valence-corrected chi connectivity index (χ0v) is 12.2. The van der Waals surface area contributed by atoms with Gasteiger partial charge in [-0.3, -0.25) is 4.98 Å². The molecule has 0 spiro atoms. The molecule has 2 saturated heterocycles. The van der Waals surface area contributed by atoms with E-state index in [0.29, 0.717) is 0 Å². The summed E-state index contributed by atoms with van der Waals surface area (Å²) in [6.45, 7) is 5.96. The molecule has 2 atom stereocenters. The van der Waals surface area contributed by atoms with Gasteiger partial charge < -0.3 is 14.2 Å². The molecule has 110 valence electrons. The second kappa shape index (κ2) is 5.53. The summed E-state index contributed by atoms with van der Waals surface area (Å²) in [5.74, 6) is 1.69. The molecule has 2 bridgehead atoms. The minimum atomic E-state index is 0.800. The lowest BCUT2D eigenvalue weighted by atomic mass is 9.98. The smallest absolute Gasteiger partial charge is 0.135 e. The lowest BCUT2D eigenvalue weighted by Gasteiger charge is -2.29. The molecule has 0 aliphatic carbocycles. The van der Waals surface area contributed by atoms with Crippen molar-refractivity contribution in [3.63, 3.8) is 0 Å². The Morgan fingerprint density at radius 3 is 3.05 bits per heavy atom. The van der Waals surface area contributed by atoms with Gasteiger partial charge in [0.1, 0.15) is 5.76 Å². The van der Waals surface area contributed by atoms with E-state index in [0.717, 1.165) is 30.3 Å². The Labute approximate surface area is 125 Å². The number of aromatic nitrogens is 1. The van der Waals surface area contributed by atoms with Crippen molar-refractivity contribution in [2.24, 2.45) is 5.92 Å². The maximum atomic E-state index is 5.49. The van der Waals surface area contributed by atoms with Crippen LogP contribution >= 0.6 is 0 Å². The second-order valence-electron chi connectivity index (χ2n) is 6.16. The van der Waals surface area contributed by atoms with E-state index in [1.54, 1.807) is 6.26 Å². The van der Waals surface area contributed by atoms with Crippen LogP contribution in [0.25, 0.3) is 11.3 Å². The van der Waals surface area contributed by atoms with Gasteiger partial charge in [0.15, 0.2) is 0 Å². The van der Waals surface area contributed by atoms with Crippen molar-refractivity contribution in [2.75, 3.05) is 37.6 Å². The fourth-order valence-electron chi connectivity index (χ4n) is 3.58. The Balaban J connectivity index is 1.59. The van der Waals surface area contributed by atoms with Crippen LogP contribution in [0.3, 0.4) is 0 Å². The third kappa shape index (κ3) is 2.68. The van der Waals surface area contributed by atoms with Crippen molar-refractivity contribution >= 4 is 5.69 Å². The monoisotopic (exact) mass is 283 g/mol. The Morgan fingerprint density at radius 2 is 2.14 bits per heavy atom. The molecule has 21 heavy (non-hydrogen) atoms. The van der Waals surface area contributed by atoms with Gasteiger partial charge in [-0.1, -0.05) is 0 Å². The largest absolute Gasteiger partial charge is 0.464 e. The molecule has 2 aliphatic rings. The Hall–Kier alpha value is -1.81. The van der Waals surface area contributed by atoms with Gasteiger partial charge >= 0.3 is 0 Å². The summed E-state index contributed by atoms with van der Waals surface area (Å²) in [7, 11) is 0. The summed E-state index contributed by atoms with van der Waals surface area (Å²) in [6, 6.07) is 6.11. The Morgan fingerprint density at radius 1 is 1.14 bits per heavy atom. The van der Waals surface area contributed by atoms with Gasteiger partial charge in [0.2, 0.25) is 0 Å². The number of fused-ring (bicyclic) bond motifs is 2. The average Bonchev–Trinajstić information content (AvgIpc) is 3.02. The molecule has 4 heteroatoms. The molecule has 4 heterocycles. The fourth-order valence-corrected chi connectivity index (χ4v) is 3.58. The Bertz CT molecular complexity index is 596. The van der Waals surface area contributed by atoms with Crippen LogP contribution in [0.2, 0.25) is 0 Å². The maximum absolute atomic E-state index is 5.49. The zero-order valence-electron chi connectivity index (χ0n) is 12.2. The highest BCUT2D eigenvalue weighted by molar-refractivity contribution is 5.62. The van der Waals surface area contributed by atoms with Crippen LogP contribution in [0, 0.1) is 5.92 Å². The molecule has 0 radical (unpaired) electrons. The maximum Gasteiger partial charge on any atom is 0.135 e. The molecule has 2 aromatic rings. The van der Waals surface area contributed by atoms with E-state index in [9.17, 15) is 0 Å². The molecule has 4 rings (SSSR count). The van der Waals surface area contributed by atoms with Crippen molar-refractivity contribution in [2.45, 2.75) is 12.8 Å². The predicted octanol–water partition coefficient (Wildman–Crippen LogP) is 2.87. The average molecular weight is 283 g/mol. The summed E-state index contributed by atoms with van der Waals surface area (Å²) in [4.78, 5) is 9.52. The molecule has 0 N–H and O–H groups in total. The summed E-state index contributed by atoms with van der Waals surface area (Å²) in [5.41, 5.74) is 2.28. The fraction of sp³-hybridized carbons (Fsp3) is 0.471. The number of anilines is 1. The van der Waals surface area contributed by atoms with Gasteiger partial charge in [-0.15, -0.1) is 0 Å². The summed E-state index contributed by atoms with van der Waals surface area (Å²) < 4.78 is 5.49. The van der Waals surface area contributed by atoms with E-state index < -0.39 is 0 Å². The molecule has 0 aromatic carbocycles. The van der Waals surface area contributed by atoms with Crippen LogP contribution in [0.15, 0.2) is 41.3 Å². The molecule has 2 fully saturated rings. The number of pyridine rings is 1. The van der Waals surface area contributed by atoms with E-state index in [1.807, 2.05) is 24.5 Å². The molecular weight excluding hydrogens is 262 g/mol. The summed E-state index contributed by atoms with van der Waals surface area (Å²) >= 11 is 0. The quantitative estimate of drug-likeness (QED) is 0.848. The van der Waals surface area contributed by atoms with E-state index in [4.69, 9.17) is 4.42 Å². The molecule has 0 saturated carbocycles. The van der Waals surface area contributed by atoms with E-state index in [2.05, 4.69) is 20.9 Å². The molecule has 2 aliphatic heterocycles. The summed E-state index contributed by atoms with van der Waals surface area (Å²) in [6.07, 6.45) is 8.28. The zero-order chi connectivity index (χ0) is 14.1. The van der Waals surface area contributed by atoms with Gasteiger partial charge in [-0.2, -0.15) is 0 Å². The molecule has 2 unspecified atom stereocenters. The molecular formula is C17H21N3O. The van der Waals surface area contributed by atoms with Crippen molar-refractivity contribution in [1.29, 1.82) is 0 Å². The van der Waals surface area contributed by atoms with E-state index >= 15 is 0 Å². The van der Waals surface area contributed by atoms with Gasteiger partial charge in [-0.05, 0) is 43.5 Å². The molecule has 2 aromatic heterocycles. The van der Waals surface area contributed by atoms with E-state index in [-0.39, 0.29) is 0 Å². The van der Waals surface area contributed by atoms with Crippen LogP contribution in [0.1, 0.15) is 12.8 Å². The van der Waals surface area contributed by atoms with Crippen LogP contribution in [-0.4, -0.2) is 42.6 Å². The normalized spacial score (nSPS) is 25.6. The second-order valence-corrected chi connectivity index (χ2v) is 6.16. The van der Waals surface area contributed by atoms with Crippen LogP contribution < -0.4 is 4.90 Å². The van der Waals surface area contributed by atoms with Crippen LogP contribution in [0.4, 0.5) is 5.69 Å². The highest BCUT2D eigenvalue weighted by Gasteiger charge is 2.26. The van der Waals surface area contributed by atoms with Crippen LogP contribution in [-0.2, 0) is 0 Å². The minimum absolute atomic E-state index is 0.800. The number of hydrogen-bond acceptors (Lipinski definition) is 4. The van der Waals surface area contributed by atoms with Gasteiger partial charge in [0, 0.05) is 37.9 Å². The number of rotatable bonds is 2. The van der Waals surface area contributed by atoms with Gasteiger partial charge in [0.05, 0.1) is 18.1 Å². The van der Waals surface area contributed by atoms with Crippen molar-refractivity contribution in [3.8, 4) is 11.3 Å². The number of furan rings is 1. The lowest BCUT2D eigenvalue weighted by Crippen LogP contribution is -2.35. The third-order valence-electron chi connectivity index (χ3n) is 4.66. The topological polar surface area (TPSA) is 32.5 Å². The number of piperidine rings is 1. The SMILES string of the molecule is c1coc(-c2cncc(N3CCN4CCCC(C4)C3)c2)c1. The Kier molecular flexibility index (Phi) is 3.39. The minimum Gasteiger partial charge on any atom is -0.464 e. The standard InChI is InChI=1S/C17H21N3O/c1-3-14-12-19(5-1)6-7-20(13-14)16-9-15(10-18-11-16)17-4-2-8-21-17/h2,4,8-11,14H,1,3,5-7,12-13H2. The molecule has 0 amide bonds. The first-order valence-electron chi connectivity index (χ1n) is 7.85. The highest BCUT2D eigenvalue weighted by atomic mass is 16.3. The summed E-state index contributed by atoms with van der Waals surface area (Å²) in [5, 5.41) is 0. The number of nitrogens with zero attached hydrogens (tertiary/aromatic N) is 3. The van der Waals surface area contributed by atoms with Gasteiger partial charge in [-0.25, -0.2) is 0 Å². The van der Waals surface area contributed by atoms with Crippen molar-refractivity contribution < 1.29 is 4.42 Å². The van der Waals surface area contributed by atoms with Crippen molar-refractivity contribution in [3.05, 3.63) is 36.9 Å². The van der Waals surface area contributed by atoms with Crippen LogP contribution in [0.5, 0.6) is 0 Å². The number of hydrogen-bond donors (Lipinski definition) is 0. The highest BCUT2D eigenvalue weighted by Crippen LogP contribution is 2.27. The third-order valence-corrected chi connectivity index (χ3v) is 4.66. The van der Waals surface area contributed by atoms with Gasteiger partial charge in [0.25, 0.3) is 0 Å². The van der Waals surface area contributed by atoms with E-state index in [1.165, 1.54) is 38.2 Å². The first-order chi connectivity index (χ1) is 10.4. The molecule has 4 nitrogen and oxygen atoms in total. The van der Waals surface area contributed by atoms with Crippen molar-refractivity contribution in [1.82, 2.24) is 9.88 Å². The predicted molar refractivity (Wildman–Crippen MR) is 83.3 cm³/mol. The first kappa shape index (κ1) is 12.9. The lowest BCUT2D eigenvalue weighted by molar-refractivity contribution is 0.201. The first-order valence-corrected chi connectivity index (χ1v) is 7.85.